The number of carbonyl (C=O) groups is 1. The van der Waals surface area contributed by atoms with Gasteiger partial charge in [0.15, 0.2) is 0 Å². The lowest BCUT2D eigenvalue weighted by molar-refractivity contribution is -0.129. The van der Waals surface area contributed by atoms with Gasteiger partial charge in [0, 0.05) is 18.9 Å². The molecule has 0 spiro atoms. The number of hydrogen-bond acceptors (Lipinski definition) is 3. The third-order valence-corrected chi connectivity index (χ3v) is 7.02. The van der Waals surface area contributed by atoms with E-state index >= 15 is 0 Å². The summed E-state index contributed by atoms with van der Waals surface area (Å²) >= 11 is 0. The molecule has 3 aliphatic rings. The van der Waals surface area contributed by atoms with E-state index in [9.17, 15) is 4.79 Å². The van der Waals surface area contributed by atoms with E-state index in [0.29, 0.717) is 23.5 Å². The Balaban J connectivity index is 1.73. The van der Waals surface area contributed by atoms with Crippen LogP contribution in [0.5, 0.6) is 5.75 Å². The smallest absolute Gasteiger partial charge is 0.142 e. The van der Waals surface area contributed by atoms with E-state index in [2.05, 4.69) is 24.4 Å². The largest absolute Gasteiger partial charge is 0.495 e. The van der Waals surface area contributed by atoms with Crippen molar-refractivity contribution in [3.63, 3.8) is 0 Å². The number of Topliss-reactive ketones (excluding diaryl/α,β-unsaturated/α-hetero) is 1. The van der Waals surface area contributed by atoms with Gasteiger partial charge in [0.05, 0.1) is 12.8 Å². The Morgan fingerprint density at radius 2 is 2.04 bits per heavy atom. The second kappa shape index (κ2) is 5.25. The van der Waals surface area contributed by atoms with Crippen LogP contribution < -0.4 is 10.1 Å². The first-order valence-electron chi connectivity index (χ1n) is 9.00. The number of anilines is 1. The van der Waals surface area contributed by atoms with Crippen LogP contribution in [0.3, 0.4) is 0 Å². The second-order valence-corrected chi connectivity index (χ2v) is 7.83. The molecule has 0 aliphatic heterocycles. The number of ether oxygens (including phenoxy) is 1. The molecule has 1 aromatic carbocycles. The summed E-state index contributed by atoms with van der Waals surface area (Å²) in [6.07, 6.45) is 6.50. The van der Waals surface area contributed by atoms with Crippen molar-refractivity contribution in [3.8, 4) is 5.75 Å². The highest BCUT2D eigenvalue weighted by Gasteiger charge is 2.54. The summed E-state index contributed by atoms with van der Waals surface area (Å²) < 4.78 is 5.53. The number of ketones is 1. The maximum absolute atomic E-state index is 12.4. The maximum atomic E-state index is 12.4. The van der Waals surface area contributed by atoms with E-state index in [0.717, 1.165) is 43.5 Å². The summed E-state index contributed by atoms with van der Waals surface area (Å²) in [6.45, 7) is 2.24. The Hall–Kier alpha value is -1.51. The minimum absolute atomic E-state index is 0.0308. The van der Waals surface area contributed by atoms with E-state index in [4.69, 9.17) is 4.74 Å². The topological polar surface area (TPSA) is 38.3 Å². The molecule has 2 saturated carbocycles. The summed E-state index contributed by atoms with van der Waals surface area (Å²) in [7, 11) is 3.70. The normalized spacial score (nSPS) is 35.3. The Bertz CT molecular complexity index is 653. The van der Waals surface area contributed by atoms with Gasteiger partial charge in [-0.3, -0.25) is 4.79 Å². The molecule has 0 saturated heterocycles. The van der Waals surface area contributed by atoms with Gasteiger partial charge in [-0.2, -0.15) is 0 Å². The van der Waals surface area contributed by atoms with Crippen LogP contribution >= 0.6 is 0 Å². The molecular formula is C20H27NO2. The summed E-state index contributed by atoms with van der Waals surface area (Å²) in [5, 5.41) is 3.27. The predicted molar refractivity (Wildman–Crippen MR) is 92.2 cm³/mol. The lowest BCUT2D eigenvalue weighted by atomic mass is 9.55. The van der Waals surface area contributed by atoms with Crippen molar-refractivity contribution < 1.29 is 9.53 Å². The molecule has 3 heteroatoms. The van der Waals surface area contributed by atoms with Crippen molar-refractivity contribution in [2.24, 2.45) is 17.3 Å². The van der Waals surface area contributed by atoms with Gasteiger partial charge in [-0.25, -0.2) is 0 Å². The lowest BCUT2D eigenvalue weighted by Crippen LogP contribution is -2.42. The zero-order chi connectivity index (χ0) is 16.2. The third kappa shape index (κ3) is 2.05. The Morgan fingerprint density at radius 1 is 1.22 bits per heavy atom. The van der Waals surface area contributed by atoms with E-state index in [-0.39, 0.29) is 5.41 Å². The molecule has 23 heavy (non-hydrogen) atoms. The Labute approximate surface area is 138 Å². The van der Waals surface area contributed by atoms with Crippen LogP contribution in [0.4, 0.5) is 5.69 Å². The number of methoxy groups -OCH3 is 1. The van der Waals surface area contributed by atoms with Crippen molar-refractivity contribution >= 4 is 11.5 Å². The zero-order valence-corrected chi connectivity index (χ0v) is 14.4. The quantitative estimate of drug-likeness (QED) is 0.891. The van der Waals surface area contributed by atoms with Gasteiger partial charge in [0.25, 0.3) is 0 Å². The Kier molecular flexibility index (Phi) is 3.44. The van der Waals surface area contributed by atoms with Crippen LogP contribution in [0.2, 0.25) is 0 Å². The highest BCUT2D eigenvalue weighted by Crippen LogP contribution is 2.59. The summed E-state index contributed by atoms with van der Waals surface area (Å²) in [4.78, 5) is 12.4. The number of nitrogens with one attached hydrogen (secondary N) is 1. The lowest BCUT2D eigenvalue weighted by Gasteiger charge is -2.48. The average molecular weight is 313 g/mol. The van der Waals surface area contributed by atoms with Crippen LogP contribution in [0.15, 0.2) is 12.1 Å². The minimum atomic E-state index is -0.0308. The second-order valence-electron chi connectivity index (χ2n) is 7.83. The molecular weight excluding hydrogens is 286 g/mol. The van der Waals surface area contributed by atoms with E-state index in [1.165, 1.54) is 17.5 Å². The first kappa shape index (κ1) is 15.0. The molecule has 0 aromatic heterocycles. The maximum Gasteiger partial charge on any atom is 0.142 e. The molecule has 0 bridgehead atoms. The number of rotatable bonds is 2. The summed E-state index contributed by atoms with van der Waals surface area (Å²) in [6, 6.07) is 4.54. The molecule has 2 fully saturated rings. The van der Waals surface area contributed by atoms with Crippen LogP contribution in [-0.2, 0) is 11.2 Å². The molecule has 0 radical (unpaired) electrons. The minimum Gasteiger partial charge on any atom is -0.495 e. The molecule has 3 nitrogen and oxygen atoms in total. The van der Waals surface area contributed by atoms with Crippen LogP contribution in [-0.4, -0.2) is 19.9 Å². The average Bonchev–Trinajstić information content (AvgIpc) is 2.88. The number of aryl methyl sites for hydroxylation is 1. The van der Waals surface area contributed by atoms with Gasteiger partial charge >= 0.3 is 0 Å². The number of fused-ring (bicyclic) bond motifs is 5. The molecule has 3 aliphatic carbocycles. The highest BCUT2D eigenvalue weighted by atomic mass is 16.5. The van der Waals surface area contributed by atoms with Gasteiger partial charge in [-0.05, 0) is 73.1 Å². The zero-order valence-electron chi connectivity index (χ0n) is 14.4. The molecule has 0 heterocycles. The SMILES string of the molecule is CNc1cc2c(cc1OC)CC[C@@H]1[C@@H]2CC[C@]2(C)C(=O)CC[C@@H]12. The molecule has 1 N–H and O–H groups in total. The fraction of sp³-hybridized carbons (Fsp3) is 0.650. The van der Waals surface area contributed by atoms with Gasteiger partial charge in [0.2, 0.25) is 0 Å². The number of hydrogen-bond donors (Lipinski definition) is 1. The molecule has 0 unspecified atom stereocenters. The molecule has 124 valence electrons. The molecule has 4 atom stereocenters. The standard InChI is InChI=1S/C20H27NO2/c1-20-9-8-13-14(16(20)6-7-19(20)22)5-4-12-10-18(23-3)17(21-2)11-15(12)13/h10-11,13-14,16,21H,4-9H2,1-3H3/t13-,14+,16-,20-/m0/s1. The van der Waals surface area contributed by atoms with E-state index in [1.54, 1.807) is 7.11 Å². The van der Waals surface area contributed by atoms with Crippen molar-refractivity contribution in [2.75, 3.05) is 19.5 Å². The van der Waals surface area contributed by atoms with Crippen LogP contribution in [0.1, 0.15) is 56.1 Å². The fourth-order valence-corrected chi connectivity index (χ4v) is 5.73. The van der Waals surface area contributed by atoms with E-state index in [1.807, 2.05) is 7.05 Å². The van der Waals surface area contributed by atoms with Crippen LogP contribution in [0.25, 0.3) is 0 Å². The fourth-order valence-electron chi connectivity index (χ4n) is 5.73. The van der Waals surface area contributed by atoms with Crippen molar-refractivity contribution in [2.45, 2.75) is 51.4 Å². The van der Waals surface area contributed by atoms with Gasteiger partial charge in [0.1, 0.15) is 11.5 Å². The molecule has 0 amide bonds. The van der Waals surface area contributed by atoms with Gasteiger partial charge < -0.3 is 10.1 Å². The summed E-state index contributed by atoms with van der Waals surface area (Å²) in [5.74, 6) is 3.38. The molecule has 1 aromatic rings. The predicted octanol–water partition coefficient (Wildman–Crippen LogP) is 4.16. The van der Waals surface area contributed by atoms with Crippen LogP contribution in [0, 0.1) is 17.3 Å². The summed E-state index contributed by atoms with van der Waals surface area (Å²) in [5.41, 5.74) is 4.02. The highest BCUT2D eigenvalue weighted by molar-refractivity contribution is 5.87. The first-order chi connectivity index (χ1) is 11.1. The van der Waals surface area contributed by atoms with Gasteiger partial charge in [-0.15, -0.1) is 0 Å². The van der Waals surface area contributed by atoms with Crippen molar-refractivity contribution in [3.05, 3.63) is 23.3 Å². The molecule has 4 rings (SSSR count). The third-order valence-electron chi connectivity index (χ3n) is 7.02. The Morgan fingerprint density at radius 3 is 2.78 bits per heavy atom. The monoisotopic (exact) mass is 313 g/mol. The van der Waals surface area contributed by atoms with Crippen molar-refractivity contribution in [1.29, 1.82) is 0 Å². The number of carbonyl (C=O) groups excluding carboxylic acids is 1. The van der Waals surface area contributed by atoms with Crippen molar-refractivity contribution in [1.82, 2.24) is 0 Å². The van der Waals surface area contributed by atoms with Gasteiger partial charge in [-0.1, -0.05) is 6.92 Å². The first-order valence-corrected chi connectivity index (χ1v) is 9.00. The number of benzene rings is 1. The van der Waals surface area contributed by atoms with E-state index < -0.39 is 0 Å².